The van der Waals surface area contributed by atoms with Crippen LogP contribution in [0.5, 0.6) is 0 Å². The monoisotopic (exact) mass is 530 g/mol. The van der Waals surface area contributed by atoms with Crippen molar-refractivity contribution in [1.82, 2.24) is 15.1 Å². The van der Waals surface area contributed by atoms with E-state index in [4.69, 9.17) is 23.2 Å². The van der Waals surface area contributed by atoms with Gasteiger partial charge in [0.05, 0.1) is 6.67 Å². The molecule has 0 radical (unpaired) electrons. The van der Waals surface area contributed by atoms with Crippen LogP contribution in [0.2, 0.25) is 10.0 Å². The number of carbonyl (C=O) groups is 3. The summed E-state index contributed by atoms with van der Waals surface area (Å²) >= 11 is 12.2. The van der Waals surface area contributed by atoms with Gasteiger partial charge in [-0.15, -0.1) is 0 Å². The molecule has 2 aromatic carbocycles. The number of carbonyl (C=O) groups excluding carboxylic acids is 3. The Bertz CT molecular complexity index is 1120. The van der Waals surface area contributed by atoms with Crippen LogP contribution in [0.3, 0.4) is 0 Å². The van der Waals surface area contributed by atoms with E-state index in [0.717, 1.165) is 11.3 Å². The highest BCUT2D eigenvalue weighted by molar-refractivity contribution is 6.35. The van der Waals surface area contributed by atoms with Crippen molar-refractivity contribution >= 4 is 46.6 Å². The van der Waals surface area contributed by atoms with E-state index < -0.39 is 5.54 Å². The summed E-state index contributed by atoms with van der Waals surface area (Å²) in [6, 6.07) is 15.1. The molecule has 9 heteroatoms. The molecular formula is C27H32Cl2N4O3. The van der Waals surface area contributed by atoms with Crippen LogP contribution in [0.25, 0.3) is 0 Å². The van der Waals surface area contributed by atoms with E-state index in [-0.39, 0.29) is 30.2 Å². The number of amides is 3. The summed E-state index contributed by atoms with van der Waals surface area (Å²) < 4.78 is 0. The average Bonchev–Trinajstić information content (AvgIpc) is 3.12. The number of nitrogens with one attached hydrogen (secondary N) is 1. The SMILES string of the molecule is CC(C)C(=O)N1CCC2(CC1)C(=O)N(CC(=O)NCCc1ccc(Cl)cc1Cl)CN2c1ccccc1. The first-order chi connectivity index (χ1) is 17.2. The van der Waals surface area contributed by atoms with Gasteiger partial charge in [0.1, 0.15) is 12.1 Å². The maximum absolute atomic E-state index is 13.8. The first kappa shape index (κ1) is 26.3. The van der Waals surface area contributed by atoms with Crippen molar-refractivity contribution in [3.63, 3.8) is 0 Å². The molecule has 0 aromatic heterocycles. The molecule has 0 unspecified atom stereocenters. The fraction of sp³-hybridized carbons (Fsp3) is 0.444. The third kappa shape index (κ3) is 5.47. The Balaban J connectivity index is 1.43. The van der Waals surface area contributed by atoms with E-state index in [1.165, 1.54) is 0 Å². The zero-order chi connectivity index (χ0) is 25.9. The summed E-state index contributed by atoms with van der Waals surface area (Å²) in [5.41, 5.74) is 1.08. The predicted octanol–water partition coefficient (Wildman–Crippen LogP) is 3.98. The highest BCUT2D eigenvalue weighted by Gasteiger charge is 2.54. The Kier molecular flexibility index (Phi) is 8.10. The fourth-order valence-corrected chi connectivity index (χ4v) is 5.58. The van der Waals surface area contributed by atoms with Gasteiger partial charge in [0, 0.05) is 41.3 Å². The van der Waals surface area contributed by atoms with Crippen molar-refractivity contribution in [3.05, 3.63) is 64.1 Å². The number of rotatable bonds is 7. The van der Waals surface area contributed by atoms with E-state index in [0.29, 0.717) is 55.6 Å². The minimum absolute atomic E-state index is 0.0209. The summed E-state index contributed by atoms with van der Waals surface area (Å²) in [5.74, 6) is -0.241. The summed E-state index contributed by atoms with van der Waals surface area (Å²) in [4.78, 5) is 44.6. The number of anilines is 1. The second-order valence-electron chi connectivity index (χ2n) is 9.76. The van der Waals surface area contributed by atoms with Gasteiger partial charge >= 0.3 is 0 Å². The second-order valence-corrected chi connectivity index (χ2v) is 10.6. The Morgan fingerprint density at radius 2 is 1.75 bits per heavy atom. The highest BCUT2D eigenvalue weighted by atomic mass is 35.5. The zero-order valence-corrected chi connectivity index (χ0v) is 22.2. The number of para-hydroxylation sites is 1. The van der Waals surface area contributed by atoms with Crippen LogP contribution < -0.4 is 10.2 Å². The third-order valence-corrected chi connectivity index (χ3v) is 7.63. The quantitative estimate of drug-likeness (QED) is 0.587. The molecule has 0 atom stereocenters. The molecule has 7 nitrogen and oxygen atoms in total. The van der Waals surface area contributed by atoms with Gasteiger partial charge in [-0.2, -0.15) is 0 Å². The first-order valence-corrected chi connectivity index (χ1v) is 13.1. The van der Waals surface area contributed by atoms with E-state index in [9.17, 15) is 14.4 Å². The van der Waals surface area contributed by atoms with Crippen LogP contribution >= 0.6 is 23.2 Å². The molecule has 3 amide bonds. The van der Waals surface area contributed by atoms with Crippen molar-refractivity contribution in [1.29, 1.82) is 0 Å². The number of likely N-dealkylation sites (tertiary alicyclic amines) is 1. The summed E-state index contributed by atoms with van der Waals surface area (Å²) in [6.45, 7) is 5.55. The van der Waals surface area contributed by atoms with Gasteiger partial charge in [-0.05, 0) is 49.1 Å². The van der Waals surface area contributed by atoms with Gasteiger partial charge in [-0.1, -0.05) is 61.3 Å². The molecule has 2 aliphatic heterocycles. The Labute approximate surface area is 222 Å². The Hall–Kier alpha value is -2.77. The first-order valence-electron chi connectivity index (χ1n) is 12.3. The lowest BCUT2D eigenvalue weighted by Crippen LogP contribution is -2.57. The molecule has 1 spiro atoms. The Morgan fingerprint density at radius 1 is 1.06 bits per heavy atom. The number of benzene rings is 2. The van der Waals surface area contributed by atoms with Gasteiger partial charge in [-0.25, -0.2) is 0 Å². The number of piperidine rings is 1. The normalized spacial score (nSPS) is 17.2. The van der Waals surface area contributed by atoms with Crippen molar-refractivity contribution in [2.24, 2.45) is 5.92 Å². The summed E-state index contributed by atoms with van der Waals surface area (Å²) in [7, 11) is 0. The predicted molar refractivity (Wildman–Crippen MR) is 142 cm³/mol. The lowest BCUT2D eigenvalue weighted by atomic mass is 9.85. The molecule has 2 saturated heterocycles. The largest absolute Gasteiger partial charge is 0.354 e. The van der Waals surface area contributed by atoms with Crippen LogP contribution in [0.1, 0.15) is 32.3 Å². The minimum atomic E-state index is -0.758. The van der Waals surface area contributed by atoms with E-state index in [2.05, 4.69) is 10.2 Å². The third-order valence-electron chi connectivity index (χ3n) is 7.04. The lowest BCUT2D eigenvalue weighted by Gasteiger charge is -2.43. The van der Waals surface area contributed by atoms with Crippen LogP contribution in [-0.2, 0) is 20.8 Å². The molecule has 4 rings (SSSR count). The maximum atomic E-state index is 13.8. The number of nitrogens with zero attached hydrogens (tertiary/aromatic N) is 3. The molecule has 1 N–H and O–H groups in total. The molecule has 2 fully saturated rings. The minimum Gasteiger partial charge on any atom is -0.354 e. The Morgan fingerprint density at radius 3 is 2.39 bits per heavy atom. The number of hydrogen-bond donors (Lipinski definition) is 1. The summed E-state index contributed by atoms with van der Waals surface area (Å²) in [6.07, 6.45) is 1.63. The smallest absolute Gasteiger partial charge is 0.250 e. The average molecular weight is 531 g/mol. The fourth-order valence-electron chi connectivity index (χ4n) is 5.07. The van der Waals surface area contributed by atoms with Crippen molar-refractivity contribution in [2.45, 2.75) is 38.6 Å². The molecule has 36 heavy (non-hydrogen) atoms. The van der Waals surface area contributed by atoms with Gasteiger partial charge in [0.15, 0.2) is 0 Å². The molecule has 192 valence electrons. The van der Waals surface area contributed by atoms with E-state index in [1.807, 2.05) is 55.1 Å². The van der Waals surface area contributed by atoms with Crippen LogP contribution in [0.15, 0.2) is 48.5 Å². The molecule has 0 saturated carbocycles. The number of halogens is 2. The molecule has 0 bridgehead atoms. The van der Waals surface area contributed by atoms with E-state index >= 15 is 0 Å². The van der Waals surface area contributed by atoms with Gasteiger partial charge in [0.25, 0.3) is 5.91 Å². The lowest BCUT2D eigenvalue weighted by molar-refractivity contribution is -0.141. The maximum Gasteiger partial charge on any atom is 0.250 e. The van der Waals surface area contributed by atoms with Gasteiger partial charge in [0.2, 0.25) is 11.8 Å². The second kappa shape index (κ2) is 11.1. The van der Waals surface area contributed by atoms with Crippen molar-refractivity contribution < 1.29 is 14.4 Å². The van der Waals surface area contributed by atoms with Gasteiger partial charge in [-0.3, -0.25) is 14.4 Å². The zero-order valence-electron chi connectivity index (χ0n) is 20.7. The van der Waals surface area contributed by atoms with Crippen molar-refractivity contribution in [2.75, 3.05) is 37.7 Å². The molecule has 2 aromatic rings. The molecule has 0 aliphatic carbocycles. The number of hydrogen-bond acceptors (Lipinski definition) is 4. The standard InChI is InChI=1S/C27H32Cl2N4O3/c1-19(2)25(35)31-14-11-27(12-15-31)26(36)32(18-33(27)22-6-4-3-5-7-22)17-24(34)30-13-10-20-8-9-21(28)16-23(20)29/h3-9,16,19H,10-15,17-18H2,1-2H3,(H,30,34). The topological polar surface area (TPSA) is 73.0 Å². The molecular weight excluding hydrogens is 499 g/mol. The van der Waals surface area contributed by atoms with Crippen molar-refractivity contribution in [3.8, 4) is 0 Å². The van der Waals surface area contributed by atoms with E-state index in [1.54, 1.807) is 17.0 Å². The van der Waals surface area contributed by atoms with Crippen LogP contribution in [0.4, 0.5) is 5.69 Å². The molecule has 2 aliphatic rings. The van der Waals surface area contributed by atoms with Crippen LogP contribution in [0, 0.1) is 5.92 Å². The van der Waals surface area contributed by atoms with Crippen LogP contribution in [-0.4, -0.2) is 65.9 Å². The van der Waals surface area contributed by atoms with Gasteiger partial charge < -0.3 is 20.0 Å². The molecule has 2 heterocycles. The highest BCUT2D eigenvalue weighted by Crippen LogP contribution is 2.39. The summed E-state index contributed by atoms with van der Waals surface area (Å²) in [5, 5.41) is 4.04.